The molecule has 6 N–H and O–H groups in total. The molecule has 0 aromatic carbocycles. The lowest BCUT2D eigenvalue weighted by atomic mass is 9.99. The van der Waals surface area contributed by atoms with Crippen LogP contribution in [0.5, 0.6) is 0 Å². The number of carbonyl (C=O) groups is 1. The monoisotopic (exact) mass is 990 g/mol. The highest BCUT2D eigenvalue weighted by Crippen LogP contribution is 2.23. The first-order valence-corrected chi connectivity index (χ1v) is 30.2. The van der Waals surface area contributed by atoms with Gasteiger partial charge in [-0.15, -0.1) is 0 Å². The van der Waals surface area contributed by atoms with E-state index in [1.165, 1.54) is 225 Å². The van der Waals surface area contributed by atoms with Gasteiger partial charge in [0, 0.05) is 6.42 Å². The summed E-state index contributed by atoms with van der Waals surface area (Å²) in [5, 5.41) is 54.1. The Labute approximate surface area is 431 Å². The molecule has 0 aromatic rings. The predicted molar refractivity (Wildman–Crippen MR) is 295 cm³/mol. The molecule has 1 amide bonds. The van der Waals surface area contributed by atoms with Gasteiger partial charge in [0.25, 0.3) is 0 Å². The zero-order valence-electron chi connectivity index (χ0n) is 45.8. The van der Waals surface area contributed by atoms with E-state index in [9.17, 15) is 30.3 Å². The van der Waals surface area contributed by atoms with Crippen LogP contribution in [0.3, 0.4) is 0 Å². The number of nitrogens with one attached hydrogen (secondary N) is 1. The summed E-state index contributed by atoms with van der Waals surface area (Å²) >= 11 is 0. The molecule has 1 aliphatic rings. The van der Waals surface area contributed by atoms with E-state index < -0.39 is 49.5 Å². The molecular weight excluding hydrogens is 875 g/mol. The Morgan fingerprint density at radius 1 is 0.486 bits per heavy atom. The van der Waals surface area contributed by atoms with Gasteiger partial charge in [0.2, 0.25) is 5.91 Å². The smallest absolute Gasteiger partial charge is 0.220 e. The molecule has 1 heterocycles. The number of amides is 1. The van der Waals surface area contributed by atoms with E-state index in [0.717, 1.165) is 44.9 Å². The number of hydrogen-bond donors (Lipinski definition) is 6. The maximum absolute atomic E-state index is 13.0. The standard InChI is InChI=1S/C61H115NO8/c1-3-5-7-9-11-13-14-15-16-17-18-19-20-21-22-23-24-25-26-27-28-29-30-31-32-33-34-35-36-37-38-39-40-41-42-43-45-47-49-51-57(65)62-54(55(64)50-48-46-44-12-10-8-6-4-2)53-69-61-60(68)59(67)58(66)56(52-63)70-61/h14-15,17-18,48,50,54-56,58-61,63-64,66-68H,3-13,16,19-47,49,51-53H2,1-2H3,(H,62,65)/b15-14-,18-17-,50-48+. The molecule has 9 heteroatoms. The maximum atomic E-state index is 13.0. The Balaban J connectivity index is 1.97. The summed E-state index contributed by atoms with van der Waals surface area (Å²) in [5.41, 5.74) is 0. The third kappa shape index (κ3) is 39.9. The van der Waals surface area contributed by atoms with E-state index in [0.29, 0.717) is 6.42 Å². The Kier molecular flexibility index (Phi) is 48.3. The van der Waals surface area contributed by atoms with Crippen molar-refractivity contribution in [3.8, 4) is 0 Å². The number of aliphatic hydroxyl groups is 5. The minimum atomic E-state index is -1.56. The van der Waals surface area contributed by atoms with Crippen LogP contribution >= 0.6 is 0 Å². The molecule has 7 atom stereocenters. The van der Waals surface area contributed by atoms with Gasteiger partial charge in [0.15, 0.2) is 6.29 Å². The number of aliphatic hydroxyl groups excluding tert-OH is 5. The molecule has 0 spiro atoms. The van der Waals surface area contributed by atoms with Crippen LogP contribution in [-0.4, -0.2) is 87.5 Å². The summed E-state index contributed by atoms with van der Waals surface area (Å²) in [5.74, 6) is -0.176. The minimum absolute atomic E-state index is 0.176. The Morgan fingerprint density at radius 2 is 0.843 bits per heavy atom. The molecule has 0 aromatic heterocycles. The van der Waals surface area contributed by atoms with Gasteiger partial charge in [0.1, 0.15) is 24.4 Å². The molecule has 1 aliphatic heterocycles. The topological polar surface area (TPSA) is 149 Å². The van der Waals surface area contributed by atoms with E-state index >= 15 is 0 Å². The van der Waals surface area contributed by atoms with Crippen LogP contribution < -0.4 is 5.32 Å². The molecule has 70 heavy (non-hydrogen) atoms. The fourth-order valence-electron chi connectivity index (χ4n) is 9.66. The summed E-state index contributed by atoms with van der Waals surface area (Å²) in [6.45, 7) is 3.73. The van der Waals surface area contributed by atoms with Gasteiger partial charge in [-0.05, 0) is 51.4 Å². The van der Waals surface area contributed by atoms with Crippen molar-refractivity contribution in [1.29, 1.82) is 0 Å². The van der Waals surface area contributed by atoms with Crippen LogP contribution in [0.25, 0.3) is 0 Å². The van der Waals surface area contributed by atoms with Gasteiger partial charge < -0.3 is 40.3 Å². The highest BCUT2D eigenvalue weighted by Gasteiger charge is 2.44. The van der Waals surface area contributed by atoms with E-state index in [-0.39, 0.29) is 12.5 Å². The normalized spacial score (nSPS) is 19.6. The highest BCUT2D eigenvalue weighted by atomic mass is 16.7. The number of ether oxygens (including phenoxy) is 2. The highest BCUT2D eigenvalue weighted by molar-refractivity contribution is 5.76. The molecule has 412 valence electrons. The van der Waals surface area contributed by atoms with Crippen LogP contribution in [0.15, 0.2) is 36.5 Å². The summed E-state index contributed by atoms with van der Waals surface area (Å²) in [6, 6.07) is -0.799. The van der Waals surface area contributed by atoms with Crippen molar-refractivity contribution in [1.82, 2.24) is 5.32 Å². The molecule has 0 saturated carbocycles. The Morgan fingerprint density at radius 3 is 1.23 bits per heavy atom. The zero-order chi connectivity index (χ0) is 50.8. The number of hydrogen-bond acceptors (Lipinski definition) is 8. The van der Waals surface area contributed by atoms with Crippen molar-refractivity contribution >= 4 is 5.91 Å². The lowest BCUT2D eigenvalue weighted by molar-refractivity contribution is -0.302. The Hall–Kier alpha value is -1.59. The molecule has 7 unspecified atom stereocenters. The van der Waals surface area contributed by atoms with Crippen molar-refractivity contribution < 1.29 is 39.8 Å². The summed E-state index contributed by atoms with van der Waals surface area (Å²) in [7, 11) is 0. The third-order valence-corrected chi connectivity index (χ3v) is 14.5. The predicted octanol–water partition coefficient (Wildman–Crippen LogP) is 15.1. The van der Waals surface area contributed by atoms with Gasteiger partial charge in [-0.2, -0.15) is 0 Å². The van der Waals surface area contributed by atoms with Crippen LogP contribution in [0.1, 0.15) is 290 Å². The summed E-state index contributed by atoms with van der Waals surface area (Å²) in [4.78, 5) is 13.0. The van der Waals surface area contributed by atoms with Crippen molar-refractivity contribution in [2.45, 2.75) is 333 Å². The van der Waals surface area contributed by atoms with Gasteiger partial charge in [-0.3, -0.25) is 4.79 Å². The van der Waals surface area contributed by atoms with Crippen LogP contribution in [0.4, 0.5) is 0 Å². The van der Waals surface area contributed by atoms with Gasteiger partial charge in [-0.25, -0.2) is 0 Å². The first-order chi connectivity index (χ1) is 34.3. The second-order valence-corrected chi connectivity index (χ2v) is 21.1. The van der Waals surface area contributed by atoms with E-state index in [1.54, 1.807) is 6.08 Å². The number of allylic oxidation sites excluding steroid dienone is 5. The van der Waals surface area contributed by atoms with E-state index in [2.05, 4.69) is 43.5 Å². The van der Waals surface area contributed by atoms with Gasteiger partial charge in [-0.1, -0.05) is 269 Å². The fraction of sp³-hybridized carbons (Fsp3) is 0.885. The molecule has 0 radical (unpaired) electrons. The second-order valence-electron chi connectivity index (χ2n) is 21.1. The molecule has 0 bridgehead atoms. The van der Waals surface area contributed by atoms with E-state index in [4.69, 9.17) is 9.47 Å². The molecule has 9 nitrogen and oxygen atoms in total. The lowest BCUT2D eigenvalue weighted by Crippen LogP contribution is -2.60. The molecule has 1 fully saturated rings. The lowest BCUT2D eigenvalue weighted by Gasteiger charge is -2.40. The number of rotatable bonds is 52. The van der Waals surface area contributed by atoms with Crippen LogP contribution in [0, 0.1) is 0 Å². The molecular formula is C61H115NO8. The first kappa shape index (κ1) is 66.4. The quantitative estimate of drug-likeness (QED) is 0.0261. The van der Waals surface area contributed by atoms with Crippen molar-refractivity contribution in [2.24, 2.45) is 0 Å². The number of unbranched alkanes of at least 4 members (excludes halogenated alkanes) is 38. The van der Waals surface area contributed by atoms with Crippen LogP contribution in [-0.2, 0) is 14.3 Å². The maximum Gasteiger partial charge on any atom is 0.220 e. The van der Waals surface area contributed by atoms with Gasteiger partial charge in [0.05, 0.1) is 25.4 Å². The second kappa shape index (κ2) is 50.9. The zero-order valence-corrected chi connectivity index (χ0v) is 45.8. The summed E-state index contributed by atoms with van der Waals surface area (Å²) < 4.78 is 11.2. The summed E-state index contributed by atoms with van der Waals surface area (Å²) in [6.07, 6.45) is 59.9. The molecule has 1 saturated heterocycles. The van der Waals surface area contributed by atoms with Crippen molar-refractivity contribution in [3.05, 3.63) is 36.5 Å². The van der Waals surface area contributed by atoms with Crippen molar-refractivity contribution in [2.75, 3.05) is 13.2 Å². The average Bonchev–Trinajstić information content (AvgIpc) is 3.36. The first-order valence-electron chi connectivity index (χ1n) is 30.2. The van der Waals surface area contributed by atoms with E-state index in [1.807, 2.05) is 6.08 Å². The fourth-order valence-corrected chi connectivity index (χ4v) is 9.66. The van der Waals surface area contributed by atoms with Crippen LogP contribution in [0.2, 0.25) is 0 Å². The molecule has 0 aliphatic carbocycles. The average molecular weight is 991 g/mol. The molecule has 1 rings (SSSR count). The third-order valence-electron chi connectivity index (χ3n) is 14.5. The number of carbonyl (C=O) groups excluding carboxylic acids is 1. The SMILES string of the molecule is CCCCCCC/C=C\C/C=C\CCCCCCCCCCCCCCCCCCCCCCCCCCCCCC(=O)NC(COC1OC(CO)C(O)C(O)C1O)C(O)/C=C/CCCCCCCC. The van der Waals surface area contributed by atoms with Gasteiger partial charge >= 0.3 is 0 Å². The minimum Gasteiger partial charge on any atom is -0.394 e. The van der Waals surface area contributed by atoms with Crippen molar-refractivity contribution in [3.63, 3.8) is 0 Å². The largest absolute Gasteiger partial charge is 0.394 e. The Bertz CT molecular complexity index is 1190.